The van der Waals surface area contributed by atoms with Crippen LogP contribution in [0.5, 0.6) is 5.75 Å². The van der Waals surface area contributed by atoms with Gasteiger partial charge in [-0.15, -0.1) is 10.2 Å². The first-order valence-electron chi connectivity index (χ1n) is 8.07. The van der Waals surface area contributed by atoms with Crippen LogP contribution in [0.1, 0.15) is 5.56 Å². The maximum absolute atomic E-state index is 12.0. The molecule has 0 unspecified atom stereocenters. The highest BCUT2D eigenvalue weighted by Crippen LogP contribution is 2.19. The number of nitrogens with one attached hydrogen (secondary N) is 1. The standard InChI is InChI=1S/C18H18ClN5O2/c1-26-16-4-2-3-14(11-16)18-21-23-24(22-18)12-17(25)20-10-9-13-5-7-15(19)8-6-13/h2-8,11H,9-10,12H2,1H3,(H,20,25). The van der Waals surface area contributed by atoms with Crippen molar-refractivity contribution in [1.82, 2.24) is 25.5 Å². The minimum Gasteiger partial charge on any atom is -0.497 e. The van der Waals surface area contributed by atoms with Gasteiger partial charge in [0.1, 0.15) is 12.3 Å². The molecule has 1 amide bonds. The van der Waals surface area contributed by atoms with E-state index in [0.717, 1.165) is 17.5 Å². The lowest BCUT2D eigenvalue weighted by Gasteiger charge is -2.05. The molecule has 1 N–H and O–H groups in total. The number of aromatic nitrogens is 4. The first-order valence-corrected chi connectivity index (χ1v) is 8.45. The van der Waals surface area contributed by atoms with Gasteiger partial charge in [-0.2, -0.15) is 4.80 Å². The molecule has 0 bridgehead atoms. The lowest BCUT2D eigenvalue weighted by atomic mass is 10.1. The summed E-state index contributed by atoms with van der Waals surface area (Å²) in [4.78, 5) is 13.3. The van der Waals surface area contributed by atoms with E-state index in [2.05, 4.69) is 20.7 Å². The lowest BCUT2D eigenvalue weighted by molar-refractivity contribution is -0.122. The quantitative estimate of drug-likeness (QED) is 0.689. The summed E-state index contributed by atoms with van der Waals surface area (Å²) in [6, 6.07) is 14.9. The van der Waals surface area contributed by atoms with Crippen molar-refractivity contribution in [2.24, 2.45) is 0 Å². The molecule has 1 aromatic heterocycles. The molecule has 3 rings (SSSR count). The van der Waals surface area contributed by atoms with Crippen LogP contribution >= 0.6 is 11.6 Å². The molecule has 0 saturated heterocycles. The molecule has 1 heterocycles. The fourth-order valence-corrected chi connectivity index (χ4v) is 2.50. The first-order chi connectivity index (χ1) is 12.6. The Bertz CT molecular complexity index is 879. The van der Waals surface area contributed by atoms with Crippen molar-refractivity contribution in [2.45, 2.75) is 13.0 Å². The zero-order chi connectivity index (χ0) is 18.4. The van der Waals surface area contributed by atoms with E-state index in [0.29, 0.717) is 23.1 Å². The smallest absolute Gasteiger partial charge is 0.243 e. The Morgan fingerprint density at radius 2 is 2.04 bits per heavy atom. The SMILES string of the molecule is COc1cccc(-c2nnn(CC(=O)NCCc3ccc(Cl)cc3)n2)c1. The number of ether oxygens (including phenoxy) is 1. The van der Waals surface area contributed by atoms with Gasteiger partial charge in [0.05, 0.1) is 7.11 Å². The number of benzene rings is 2. The number of carbonyl (C=O) groups excluding carboxylic acids is 1. The number of hydrogen-bond donors (Lipinski definition) is 1. The molecule has 134 valence electrons. The number of nitrogens with zero attached hydrogens (tertiary/aromatic N) is 4. The van der Waals surface area contributed by atoms with E-state index >= 15 is 0 Å². The van der Waals surface area contributed by atoms with Gasteiger partial charge in [0.25, 0.3) is 0 Å². The van der Waals surface area contributed by atoms with Gasteiger partial charge in [-0.05, 0) is 41.5 Å². The van der Waals surface area contributed by atoms with Gasteiger partial charge in [0, 0.05) is 17.1 Å². The van der Waals surface area contributed by atoms with Crippen LogP contribution in [0.4, 0.5) is 0 Å². The molecule has 7 nitrogen and oxygen atoms in total. The first kappa shape index (κ1) is 17.9. The average Bonchev–Trinajstić information content (AvgIpc) is 3.12. The van der Waals surface area contributed by atoms with E-state index in [1.807, 2.05) is 48.5 Å². The van der Waals surface area contributed by atoms with E-state index in [1.54, 1.807) is 7.11 Å². The van der Waals surface area contributed by atoms with Gasteiger partial charge in [-0.25, -0.2) is 0 Å². The number of tetrazole rings is 1. The predicted molar refractivity (Wildman–Crippen MR) is 98.0 cm³/mol. The Morgan fingerprint density at radius 1 is 1.23 bits per heavy atom. The fraction of sp³-hybridized carbons (Fsp3) is 0.222. The normalized spacial score (nSPS) is 10.5. The highest BCUT2D eigenvalue weighted by atomic mass is 35.5. The van der Waals surface area contributed by atoms with Crippen LogP contribution in [0.3, 0.4) is 0 Å². The number of methoxy groups -OCH3 is 1. The summed E-state index contributed by atoms with van der Waals surface area (Å²) in [5, 5.41) is 15.7. The van der Waals surface area contributed by atoms with Gasteiger partial charge in [-0.1, -0.05) is 35.9 Å². The molecule has 0 atom stereocenters. The van der Waals surface area contributed by atoms with Crippen molar-refractivity contribution in [2.75, 3.05) is 13.7 Å². The molecule has 0 aliphatic heterocycles. The molecule has 3 aromatic rings. The van der Waals surface area contributed by atoms with E-state index in [9.17, 15) is 4.79 Å². The Hall–Kier alpha value is -2.93. The average molecular weight is 372 g/mol. The van der Waals surface area contributed by atoms with Crippen molar-refractivity contribution in [3.8, 4) is 17.1 Å². The minimum absolute atomic E-state index is 0.0115. The van der Waals surface area contributed by atoms with Gasteiger partial charge >= 0.3 is 0 Å². The van der Waals surface area contributed by atoms with Crippen molar-refractivity contribution in [3.63, 3.8) is 0 Å². The molecule has 26 heavy (non-hydrogen) atoms. The van der Waals surface area contributed by atoms with Crippen LogP contribution in [0.2, 0.25) is 5.02 Å². The number of rotatable bonds is 7. The molecule has 0 saturated carbocycles. The molecular weight excluding hydrogens is 354 g/mol. The van der Waals surface area contributed by atoms with Crippen LogP contribution < -0.4 is 10.1 Å². The summed E-state index contributed by atoms with van der Waals surface area (Å²) >= 11 is 5.85. The molecule has 0 fully saturated rings. The van der Waals surface area contributed by atoms with Gasteiger partial charge in [-0.3, -0.25) is 4.79 Å². The van der Waals surface area contributed by atoms with Crippen LogP contribution in [-0.4, -0.2) is 39.8 Å². The summed E-state index contributed by atoms with van der Waals surface area (Å²) in [5.41, 5.74) is 1.88. The third-order valence-corrected chi connectivity index (χ3v) is 3.97. The summed E-state index contributed by atoms with van der Waals surface area (Å²) in [6.07, 6.45) is 0.725. The van der Waals surface area contributed by atoms with Crippen LogP contribution in [-0.2, 0) is 17.8 Å². The van der Waals surface area contributed by atoms with Crippen LogP contribution in [0.15, 0.2) is 48.5 Å². The Labute approximate surface area is 155 Å². The third kappa shape index (κ3) is 4.80. The second-order valence-corrected chi connectivity index (χ2v) is 6.04. The number of carbonyl (C=O) groups is 1. The minimum atomic E-state index is -0.173. The van der Waals surface area contributed by atoms with Gasteiger partial charge in [0.2, 0.25) is 11.7 Å². The Kier molecular flexibility index (Phi) is 5.80. The van der Waals surface area contributed by atoms with E-state index in [4.69, 9.17) is 16.3 Å². The van der Waals surface area contributed by atoms with Crippen LogP contribution in [0, 0.1) is 0 Å². The van der Waals surface area contributed by atoms with Crippen LogP contribution in [0.25, 0.3) is 11.4 Å². The molecule has 0 spiro atoms. The summed E-state index contributed by atoms with van der Waals surface area (Å²) in [6.45, 7) is 0.537. The third-order valence-electron chi connectivity index (χ3n) is 3.71. The predicted octanol–water partition coefficient (Wildman–Crippen LogP) is 2.36. The summed E-state index contributed by atoms with van der Waals surface area (Å²) in [7, 11) is 1.60. The fourth-order valence-electron chi connectivity index (χ4n) is 2.37. The largest absolute Gasteiger partial charge is 0.497 e. The second-order valence-electron chi connectivity index (χ2n) is 5.60. The zero-order valence-electron chi connectivity index (χ0n) is 14.2. The molecule has 0 radical (unpaired) electrons. The maximum atomic E-state index is 12.0. The molecule has 0 aliphatic carbocycles. The second kappa shape index (κ2) is 8.44. The highest BCUT2D eigenvalue weighted by Gasteiger charge is 2.10. The van der Waals surface area contributed by atoms with E-state index in [-0.39, 0.29) is 12.5 Å². The molecule has 0 aliphatic rings. The van der Waals surface area contributed by atoms with E-state index in [1.165, 1.54) is 4.80 Å². The van der Waals surface area contributed by atoms with Crippen molar-refractivity contribution >= 4 is 17.5 Å². The molecule has 8 heteroatoms. The van der Waals surface area contributed by atoms with Crippen molar-refractivity contribution in [1.29, 1.82) is 0 Å². The Balaban J connectivity index is 1.51. The maximum Gasteiger partial charge on any atom is 0.243 e. The van der Waals surface area contributed by atoms with E-state index < -0.39 is 0 Å². The molecular formula is C18H18ClN5O2. The lowest BCUT2D eigenvalue weighted by Crippen LogP contribution is -2.30. The monoisotopic (exact) mass is 371 g/mol. The highest BCUT2D eigenvalue weighted by molar-refractivity contribution is 6.30. The Morgan fingerprint density at radius 3 is 2.81 bits per heavy atom. The zero-order valence-corrected chi connectivity index (χ0v) is 15.0. The van der Waals surface area contributed by atoms with Gasteiger partial charge < -0.3 is 10.1 Å². The topological polar surface area (TPSA) is 81.9 Å². The number of amides is 1. The molecule has 2 aromatic carbocycles. The summed E-state index contributed by atoms with van der Waals surface area (Å²) in [5.74, 6) is 0.977. The number of halogens is 1. The van der Waals surface area contributed by atoms with Crippen molar-refractivity contribution in [3.05, 3.63) is 59.1 Å². The summed E-state index contributed by atoms with van der Waals surface area (Å²) < 4.78 is 5.18. The van der Waals surface area contributed by atoms with Crippen molar-refractivity contribution < 1.29 is 9.53 Å². The number of hydrogen-bond acceptors (Lipinski definition) is 5. The van der Waals surface area contributed by atoms with Gasteiger partial charge in [0.15, 0.2) is 0 Å².